The van der Waals surface area contributed by atoms with E-state index in [-0.39, 0.29) is 42.9 Å². The molecule has 2 N–H and O–H groups in total. The molecule has 0 radical (unpaired) electrons. The minimum absolute atomic E-state index is 0. The van der Waals surface area contributed by atoms with Crippen LogP contribution in [0.25, 0.3) is 0 Å². The Bertz CT molecular complexity index is 551. The molecule has 2 unspecified atom stereocenters. The van der Waals surface area contributed by atoms with Gasteiger partial charge in [0.25, 0.3) is 0 Å². The van der Waals surface area contributed by atoms with Gasteiger partial charge in [0.2, 0.25) is 5.91 Å². The van der Waals surface area contributed by atoms with E-state index in [1.54, 1.807) is 0 Å². The molecule has 7 heteroatoms. The molecule has 1 aromatic rings. The molecule has 27 heavy (non-hydrogen) atoms. The third-order valence-corrected chi connectivity index (χ3v) is 5.51. The van der Waals surface area contributed by atoms with E-state index in [2.05, 4.69) is 36.1 Å². The molecule has 154 valence electrons. The molecule has 2 aliphatic rings. The van der Waals surface area contributed by atoms with Crippen molar-refractivity contribution >= 4 is 30.7 Å². The Morgan fingerprint density at radius 1 is 1.19 bits per heavy atom. The van der Waals surface area contributed by atoms with Crippen LogP contribution < -0.4 is 5.73 Å². The number of rotatable bonds is 5. The normalized spacial score (nSPS) is 22.4. The molecule has 3 rings (SSSR count). The summed E-state index contributed by atoms with van der Waals surface area (Å²) in [6, 6.07) is 10.7. The fraction of sp³-hybridized carbons (Fsp3) is 0.650. The number of carbonyl (C=O) groups excluding carboxylic acids is 1. The summed E-state index contributed by atoms with van der Waals surface area (Å²) in [5, 5.41) is 0. The first-order valence-electron chi connectivity index (χ1n) is 9.53. The number of piperidine rings is 1. The lowest BCUT2D eigenvalue weighted by atomic mass is 9.91. The zero-order chi connectivity index (χ0) is 17.6. The van der Waals surface area contributed by atoms with Gasteiger partial charge in [-0.25, -0.2) is 0 Å². The summed E-state index contributed by atoms with van der Waals surface area (Å²) >= 11 is 0. The molecule has 0 aliphatic carbocycles. The monoisotopic (exact) mass is 417 g/mol. The summed E-state index contributed by atoms with van der Waals surface area (Å²) in [4.78, 5) is 17.0. The summed E-state index contributed by atoms with van der Waals surface area (Å²) in [6.45, 7) is 7.14. The zero-order valence-electron chi connectivity index (χ0n) is 16.1. The van der Waals surface area contributed by atoms with E-state index in [1.165, 1.54) is 5.56 Å². The third-order valence-electron chi connectivity index (χ3n) is 5.51. The molecular formula is C20H33Cl2N3O2. The van der Waals surface area contributed by atoms with E-state index in [4.69, 9.17) is 10.5 Å². The third kappa shape index (κ3) is 7.24. The number of morpholine rings is 1. The summed E-state index contributed by atoms with van der Waals surface area (Å²) in [6.07, 6.45) is 2.55. The van der Waals surface area contributed by atoms with E-state index in [0.29, 0.717) is 18.9 Å². The fourth-order valence-electron chi connectivity index (χ4n) is 3.89. The number of amides is 1. The van der Waals surface area contributed by atoms with Crippen LogP contribution in [-0.4, -0.2) is 60.6 Å². The lowest BCUT2D eigenvalue weighted by molar-refractivity contribution is -0.137. The minimum Gasteiger partial charge on any atom is -0.375 e. The standard InChI is InChI=1S/C20H31N3O2.2ClH/c1-16(21)18-7-9-23(10-8-18)20(24)13-19-15-22(11-12-25-19)14-17-5-3-2-4-6-17;;/h2-6,16,18-19H,7-15,21H2,1H3;2*1H. The first-order valence-corrected chi connectivity index (χ1v) is 9.53. The van der Waals surface area contributed by atoms with Crippen LogP contribution in [0.2, 0.25) is 0 Å². The van der Waals surface area contributed by atoms with Crippen LogP contribution in [0.4, 0.5) is 0 Å². The molecule has 0 bridgehead atoms. The largest absolute Gasteiger partial charge is 0.375 e. The highest BCUT2D eigenvalue weighted by molar-refractivity contribution is 5.85. The molecule has 2 saturated heterocycles. The maximum Gasteiger partial charge on any atom is 0.225 e. The van der Waals surface area contributed by atoms with Crippen molar-refractivity contribution in [2.45, 2.75) is 44.9 Å². The fourth-order valence-corrected chi connectivity index (χ4v) is 3.89. The lowest BCUT2D eigenvalue weighted by Crippen LogP contribution is -2.47. The Kier molecular flexibility index (Phi) is 10.6. The highest BCUT2D eigenvalue weighted by Gasteiger charge is 2.28. The maximum atomic E-state index is 12.6. The lowest BCUT2D eigenvalue weighted by Gasteiger charge is -2.36. The van der Waals surface area contributed by atoms with E-state index >= 15 is 0 Å². The topological polar surface area (TPSA) is 58.8 Å². The van der Waals surface area contributed by atoms with Crippen LogP contribution in [0.3, 0.4) is 0 Å². The molecule has 0 saturated carbocycles. The summed E-state index contributed by atoms with van der Waals surface area (Å²) in [5.41, 5.74) is 7.30. The highest BCUT2D eigenvalue weighted by atomic mass is 35.5. The summed E-state index contributed by atoms with van der Waals surface area (Å²) < 4.78 is 5.86. The van der Waals surface area contributed by atoms with Crippen molar-refractivity contribution < 1.29 is 9.53 Å². The first kappa shape index (κ1) is 24.2. The smallest absolute Gasteiger partial charge is 0.225 e. The number of nitrogens with zero attached hydrogens (tertiary/aromatic N) is 2. The Balaban J connectivity index is 0.00000182. The average molecular weight is 418 g/mol. The average Bonchev–Trinajstić information content (AvgIpc) is 2.63. The molecule has 1 aromatic carbocycles. The summed E-state index contributed by atoms with van der Waals surface area (Å²) in [7, 11) is 0. The van der Waals surface area contributed by atoms with Crippen molar-refractivity contribution in [2.75, 3.05) is 32.8 Å². The van der Waals surface area contributed by atoms with Gasteiger partial charge in [0.15, 0.2) is 0 Å². The molecule has 2 aliphatic heterocycles. The molecule has 2 atom stereocenters. The molecule has 1 amide bonds. The number of likely N-dealkylation sites (tertiary alicyclic amines) is 1. The van der Waals surface area contributed by atoms with Crippen molar-refractivity contribution in [3.63, 3.8) is 0 Å². The number of nitrogens with two attached hydrogens (primary N) is 1. The number of halogens is 2. The highest BCUT2D eigenvalue weighted by Crippen LogP contribution is 2.21. The Morgan fingerprint density at radius 3 is 2.48 bits per heavy atom. The predicted octanol–water partition coefficient (Wildman–Crippen LogP) is 2.71. The second kappa shape index (κ2) is 11.9. The van der Waals surface area contributed by atoms with Crippen LogP contribution in [0.15, 0.2) is 30.3 Å². The second-order valence-electron chi connectivity index (χ2n) is 7.49. The van der Waals surface area contributed by atoms with Gasteiger partial charge in [0, 0.05) is 38.8 Å². The van der Waals surface area contributed by atoms with E-state index < -0.39 is 0 Å². The van der Waals surface area contributed by atoms with Crippen LogP contribution in [-0.2, 0) is 16.1 Å². The molecule has 5 nitrogen and oxygen atoms in total. The van der Waals surface area contributed by atoms with Crippen molar-refractivity contribution in [3.8, 4) is 0 Å². The van der Waals surface area contributed by atoms with E-state index in [0.717, 1.165) is 45.6 Å². The Hall–Kier alpha value is -0.850. The van der Waals surface area contributed by atoms with Crippen molar-refractivity contribution in [3.05, 3.63) is 35.9 Å². The molecular weight excluding hydrogens is 385 g/mol. The van der Waals surface area contributed by atoms with Gasteiger partial charge >= 0.3 is 0 Å². The van der Waals surface area contributed by atoms with Gasteiger partial charge in [-0.1, -0.05) is 30.3 Å². The van der Waals surface area contributed by atoms with Crippen molar-refractivity contribution in [1.82, 2.24) is 9.80 Å². The molecule has 2 heterocycles. The van der Waals surface area contributed by atoms with Gasteiger partial charge in [0.05, 0.1) is 19.1 Å². The van der Waals surface area contributed by atoms with Crippen molar-refractivity contribution in [1.29, 1.82) is 0 Å². The summed E-state index contributed by atoms with van der Waals surface area (Å²) in [5.74, 6) is 0.783. The van der Waals surface area contributed by atoms with Crippen LogP contribution in [0.1, 0.15) is 31.7 Å². The van der Waals surface area contributed by atoms with Gasteiger partial charge in [-0.05, 0) is 31.2 Å². The minimum atomic E-state index is 0. The number of carbonyl (C=O) groups is 1. The van der Waals surface area contributed by atoms with E-state index in [9.17, 15) is 4.79 Å². The van der Waals surface area contributed by atoms with Gasteiger partial charge in [-0.15, -0.1) is 24.8 Å². The number of hydrogen-bond acceptors (Lipinski definition) is 4. The van der Waals surface area contributed by atoms with E-state index in [1.807, 2.05) is 11.0 Å². The first-order chi connectivity index (χ1) is 12.1. The van der Waals surface area contributed by atoms with Crippen LogP contribution in [0, 0.1) is 5.92 Å². The Labute approximate surface area is 175 Å². The number of hydrogen-bond donors (Lipinski definition) is 1. The number of benzene rings is 1. The Morgan fingerprint density at radius 2 is 1.85 bits per heavy atom. The maximum absolute atomic E-state index is 12.6. The zero-order valence-corrected chi connectivity index (χ0v) is 17.7. The van der Waals surface area contributed by atoms with Gasteiger partial charge in [-0.2, -0.15) is 0 Å². The predicted molar refractivity (Wildman–Crippen MR) is 114 cm³/mol. The second-order valence-corrected chi connectivity index (χ2v) is 7.49. The van der Waals surface area contributed by atoms with Crippen LogP contribution >= 0.6 is 24.8 Å². The quantitative estimate of drug-likeness (QED) is 0.799. The molecule has 0 aromatic heterocycles. The van der Waals surface area contributed by atoms with Crippen LogP contribution in [0.5, 0.6) is 0 Å². The van der Waals surface area contributed by atoms with Gasteiger partial charge in [-0.3, -0.25) is 9.69 Å². The van der Waals surface area contributed by atoms with Crippen molar-refractivity contribution in [2.24, 2.45) is 11.7 Å². The SMILES string of the molecule is CC(N)C1CCN(C(=O)CC2CN(Cc3ccccc3)CCO2)CC1.Cl.Cl. The molecule has 2 fully saturated rings. The number of ether oxygens (including phenoxy) is 1. The van der Waals surface area contributed by atoms with Gasteiger partial charge < -0.3 is 15.4 Å². The van der Waals surface area contributed by atoms with Gasteiger partial charge in [0.1, 0.15) is 0 Å². The molecule has 0 spiro atoms.